The quantitative estimate of drug-likeness (QED) is 0.417. The molecule has 164 valence electrons. The molecule has 1 fully saturated rings. The van der Waals surface area contributed by atoms with Crippen LogP contribution < -0.4 is 15.1 Å². The minimum Gasteiger partial charge on any atom is -0.363 e. The lowest BCUT2D eigenvalue weighted by atomic mass is 9.88. The van der Waals surface area contributed by atoms with E-state index >= 15 is 0 Å². The van der Waals surface area contributed by atoms with Gasteiger partial charge in [-0.1, -0.05) is 29.8 Å². The van der Waals surface area contributed by atoms with Crippen LogP contribution in [0.15, 0.2) is 54.1 Å². The number of benzene rings is 2. The third-order valence-corrected chi connectivity index (χ3v) is 6.31. The molecule has 2 amide bonds. The molecule has 2 aromatic rings. The molecular formula is C26H27N3O2S. The number of fused-ring (bicyclic) bond motifs is 1. The first-order valence-electron chi connectivity index (χ1n) is 10.7. The third-order valence-electron chi connectivity index (χ3n) is 6.02. The first-order chi connectivity index (χ1) is 15.1. The maximum absolute atomic E-state index is 13.3. The number of thiocarbonyl (C=S) groups is 1. The molecule has 0 atom stereocenters. The fraction of sp³-hybridized carbons (Fsp3) is 0.269. The maximum atomic E-state index is 13.3. The number of allylic oxidation sites excluding steroid dienone is 1. The molecule has 0 aromatic heterocycles. The summed E-state index contributed by atoms with van der Waals surface area (Å²) in [5.74, 6) is -0.909. The molecule has 0 saturated carbocycles. The Morgan fingerprint density at radius 1 is 1.06 bits per heavy atom. The maximum Gasteiger partial charge on any atom is 0.270 e. The molecule has 2 heterocycles. The molecule has 0 bridgehead atoms. The van der Waals surface area contributed by atoms with Crippen molar-refractivity contribution in [3.63, 3.8) is 0 Å². The summed E-state index contributed by atoms with van der Waals surface area (Å²) in [5, 5.41) is 2.74. The summed E-state index contributed by atoms with van der Waals surface area (Å²) in [6.07, 6.45) is 3.90. The summed E-state index contributed by atoms with van der Waals surface area (Å²) >= 11 is 5.29. The summed E-state index contributed by atoms with van der Waals surface area (Å²) in [6.45, 7) is 11.5. The highest BCUT2D eigenvalue weighted by Gasteiger charge is 2.35. The predicted octanol–water partition coefficient (Wildman–Crippen LogP) is 4.85. The smallest absolute Gasteiger partial charge is 0.270 e. The zero-order valence-corrected chi connectivity index (χ0v) is 19.8. The van der Waals surface area contributed by atoms with Crippen LogP contribution in [0.25, 0.3) is 11.6 Å². The standard InChI is InChI=1S/C26H27N3O2S/c1-6-28-22-12-9-18(13-20(22)17(3)15-26(28,4)5)14-21-23(30)27-25(32)29(24(21)31)19-10-7-16(2)8-11-19/h7-15H,6H2,1-5H3,(H,27,30,32)/b21-14-. The SMILES string of the molecule is CCN1c2ccc(/C=C3/C(=O)NC(=S)N(c4ccc(C)cc4)C3=O)cc2C(C)=CC1(C)C. The van der Waals surface area contributed by atoms with Crippen LogP contribution >= 0.6 is 12.2 Å². The van der Waals surface area contributed by atoms with E-state index < -0.39 is 11.8 Å². The minimum atomic E-state index is -0.482. The van der Waals surface area contributed by atoms with Crippen LogP contribution in [0.1, 0.15) is 44.4 Å². The molecular weight excluding hydrogens is 418 g/mol. The van der Waals surface area contributed by atoms with E-state index in [2.05, 4.69) is 50.1 Å². The number of aryl methyl sites for hydroxylation is 1. The second-order valence-electron chi connectivity index (χ2n) is 8.80. The first kappa shape index (κ1) is 22.0. The zero-order valence-electron chi connectivity index (χ0n) is 19.0. The van der Waals surface area contributed by atoms with Gasteiger partial charge in [-0.2, -0.15) is 0 Å². The Balaban J connectivity index is 1.74. The number of carbonyl (C=O) groups excluding carboxylic acids is 2. The lowest BCUT2D eigenvalue weighted by molar-refractivity contribution is -0.122. The fourth-order valence-electron chi connectivity index (χ4n) is 4.52. The van der Waals surface area contributed by atoms with Crippen LogP contribution in [0.2, 0.25) is 0 Å². The van der Waals surface area contributed by atoms with E-state index in [1.165, 1.54) is 10.5 Å². The molecule has 0 unspecified atom stereocenters. The number of amides is 2. The Kier molecular flexibility index (Phi) is 5.51. The summed E-state index contributed by atoms with van der Waals surface area (Å²) in [7, 11) is 0. The number of hydrogen-bond donors (Lipinski definition) is 1. The number of rotatable bonds is 3. The average Bonchev–Trinajstić information content (AvgIpc) is 2.72. The number of anilines is 2. The lowest BCUT2D eigenvalue weighted by Gasteiger charge is -2.42. The van der Waals surface area contributed by atoms with Gasteiger partial charge in [-0.3, -0.25) is 19.8 Å². The van der Waals surface area contributed by atoms with Gasteiger partial charge in [0.1, 0.15) is 5.57 Å². The molecule has 2 aliphatic heterocycles. The van der Waals surface area contributed by atoms with Gasteiger partial charge in [0, 0.05) is 17.8 Å². The highest BCUT2D eigenvalue weighted by molar-refractivity contribution is 7.80. The van der Waals surface area contributed by atoms with Gasteiger partial charge >= 0.3 is 0 Å². The zero-order chi connectivity index (χ0) is 23.2. The van der Waals surface area contributed by atoms with E-state index in [4.69, 9.17) is 12.2 Å². The molecule has 0 aliphatic carbocycles. The molecule has 4 rings (SSSR count). The highest BCUT2D eigenvalue weighted by Crippen LogP contribution is 2.39. The van der Waals surface area contributed by atoms with Crippen LogP contribution in [0.4, 0.5) is 11.4 Å². The van der Waals surface area contributed by atoms with Crippen LogP contribution in [0.3, 0.4) is 0 Å². The topological polar surface area (TPSA) is 52.7 Å². The summed E-state index contributed by atoms with van der Waals surface area (Å²) in [6, 6.07) is 13.5. The van der Waals surface area contributed by atoms with Crippen LogP contribution in [-0.2, 0) is 9.59 Å². The van der Waals surface area contributed by atoms with Crippen LogP contribution in [0, 0.1) is 6.92 Å². The predicted molar refractivity (Wildman–Crippen MR) is 135 cm³/mol. The number of likely N-dealkylation sites (N-methyl/N-ethyl adjacent to an activating group) is 1. The molecule has 6 heteroatoms. The van der Waals surface area contributed by atoms with Crippen molar-refractivity contribution in [2.45, 2.75) is 40.2 Å². The molecule has 2 aliphatic rings. The minimum absolute atomic E-state index is 0.0595. The van der Waals surface area contributed by atoms with Gasteiger partial charge in [0.2, 0.25) is 0 Å². The Hall–Kier alpha value is -3.25. The van der Waals surface area contributed by atoms with Gasteiger partial charge in [0.15, 0.2) is 5.11 Å². The number of carbonyl (C=O) groups is 2. The van der Waals surface area contributed by atoms with Crippen molar-refractivity contribution in [2.75, 3.05) is 16.3 Å². The van der Waals surface area contributed by atoms with E-state index in [0.29, 0.717) is 5.69 Å². The van der Waals surface area contributed by atoms with Crippen molar-refractivity contribution in [1.82, 2.24) is 5.32 Å². The molecule has 2 aromatic carbocycles. The lowest BCUT2D eigenvalue weighted by Crippen LogP contribution is -2.54. The number of nitrogens with zero attached hydrogens (tertiary/aromatic N) is 2. The fourth-order valence-corrected chi connectivity index (χ4v) is 4.80. The Morgan fingerprint density at radius 2 is 1.75 bits per heavy atom. The molecule has 0 radical (unpaired) electrons. The summed E-state index contributed by atoms with van der Waals surface area (Å²) in [4.78, 5) is 29.6. The van der Waals surface area contributed by atoms with Gasteiger partial charge in [-0.25, -0.2) is 0 Å². The number of nitrogens with one attached hydrogen (secondary N) is 1. The normalized spacial score (nSPS) is 19.1. The van der Waals surface area contributed by atoms with E-state index in [1.54, 1.807) is 6.08 Å². The monoisotopic (exact) mass is 445 g/mol. The van der Waals surface area contributed by atoms with Gasteiger partial charge in [-0.05, 0) is 88.3 Å². The Labute approximate surface area is 194 Å². The van der Waals surface area contributed by atoms with Crippen molar-refractivity contribution >= 4 is 52.2 Å². The second-order valence-corrected chi connectivity index (χ2v) is 9.18. The van der Waals surface area contributed by atoms with Crippen molar-refractivity contribution < 1.29 is 9.59 Å². The van der Waals surface area contributed by atoms with Crippen molar-refractivity contribution in [3.8, 4) is 0 Å². The van der Waals surface area contributed by atoms with Crippen LogP contribution in [0.5, 0.6) is 0 Å². The number of hydrogen-bond acceptors (Lipinski definition) is 4. The first-order valence-corrected chi connectivity index (χ1v) is 11.1. The van der Waals surface area contributed by atoms with Crippen molar-refractivity contribution in [2.24, 2.45) is 0 Å². The van der Waals surface area contributed by atoms with Crippen molar-refractivity contribution in [1.29, 1.82) is 0 Å². The largest absolute Gasteiger partial charge is 0.363 e. The molecule has 32 heavy (non-hydrogen) atoms. The van der Waals surface area contributed by atoms with E-state index in [-0.39, 0.29) is 16.2 Å². The molecule has 0 spiro atoms. The summed E-state index contributed by atoms with van der Waals surface area (Å²) < 4.78 is 0. The second kappa shape index (κ2) is 8.02. The Bertz CT molecular complexity index is 1190. The van der Waals surface area contributed by atoms with E-state index in [1.807, 2.05) is 43.3 Å². The van der Waals surface area contributed by atoms with Gasteiger partial charge in [-0.15, -0.1) is 0 Å². The summed E-state index contributed by atoms with van der Waals surface area (Å²) in [5.41, 5.74) is 5.92. The molecule has 5 nitrogen and oxygen atoms in total. The highest BCUT2D eigenvalue weighted by atomic mass is 32.1. The van der Waals surface area contributed by atoms with E-state index in [9.17, 15) is 9.59 Å². The third kappa shape index (κ3) is 3.75. The molecule has 1 N–H and O–H groups in total. The van der Waals surface area contributed by atoms with Gasteiger partial charge in [0.25, 0.3) is 11.8 Å². The molecule has 1 saturated heterocycles. The van der Waals surface area contributed by atoms with Crippen LogP contribution in [-0.4, -0.2) is 29.0 Å². The van der Waals surface area contributed by atoms with E-state index in [0.717, 1.165) is 28.9 Å². The Morgan fingerprint density at radius 3 is 2.41 bits per heavy atom. The average molecular weight is 446 g/mol. The van der Waals surface area contributed by atoms with Gasteiger partial charge < -0.3 is 4.90 Å². The van der Waals surface area contributed by atoms with Gasteiger partial charge in [0.05, 0.1) is 11.2 Å². The van der Waals surface area contributed by atoms with Crippen molar-refractivity contribution in [3.05, 3.63) is 70.8 Å².